The van der Waals surface area contributed by atoms with E-state index in [1.807, 2.05) is 31.2 Å². The molecule has 22 heavy (non-hydrogen) atoms. The molecule has 116 valence electrons. The van der Waals surface area contributed by atoms with E-state index in [0.717, 1.165) is 42.3 Å². The van der Waals surface area contributed by atoms with E-state index >= 15 is 0 Å². The van der Waals surface area contributed by atoms with Gasteiger partial charge in [0, 0.05) is 18.7 Å². The van der Waals surface area contributed by atoms with Crippen LogP contribution in [-0.2, 0) is 19.5 Å². The first-order chi connectivity index (χ1) is 10.7. The lowest BCUT2D eigenvalue weighted by Crippen LogP contribution is -2.29. The number of carbonyl (C=O) groups excluding carboxylic acids is 1. The van der Waals surface area contributed by atoms with Crippen molar-refractivity contribution in [2.75, 3.05) is 5.32 Å². The predicted octanol–water partition coefficient (Wildman–Crippen LogP) is 2.63. The molecule has 1 aliphatic rings. The highest BCUT2D eigenvalue weighted by Gasteiger charge is 2.14. The first kappa shape index (κ1) is 14.6. The molecule has 0 unspecified atom stereocenters. The fraction of sp³-hybridized carbons (Fsp3) is 0.438. The molecular formula is C16H21N5O. The summed E-state index contributed by atoms with van der Waals surface area (Å²) in [5.41, 5.74) is 1.94. The summed E-state index contributed by atoms with van der Waals surface area (Å²) in [7, 11) is 0. The fourth-order valence-electron chi connectivity index (χ4n) is 2.65. The highest BCUT2D eigenvalue weighted by Crippen LogP contribution is 2.14. The van der Waals surface area contributed by atoms with Gasteiger partial charge in [-0.05, 0) is 31.9 Å². The molecule has 0 aliphatic carbocycles. The molecule has 1 aliphatic heterocycles. The van der Waals surface area contributed by atoms with Gasteiger partial charge in [0.1, 0.15) is 5.82 Å². The molecule has 6 nitrogen and oxygen atoms in total. The molecule has 0 fully saturated rings. The third kappa shape index (κ3) is 3.44. The second-order valence-corrected chi connectivity index (χ2v) is 5.67. The molecular weight excluding hydrogens is 278 g/mol. The summed E-state index contributed by atoms with van der Waals surface area (Å²) < 4.78 is 2.14. The Hall–Kier alpha value is -2.37. The Morgan fingerprint density at radius 3 is 2.82 bits per heavy atom. The van der Waals surface area contributed by atoms with Crippen LogP contribution in [0.3, 0.4) is 0 Å². The van der Waals surface area contributed by atoms with Gasteiger partial charge in [0.05, 0.1) is 6.54 Å². The summed E-state index contributed by atoms with van der Waals surface area (Å²) in [5, 5.41) is 14.1. The zero-order chi connectivity index (χ0) is 15.4. The fourth-order valence-corrected chi connectivity index (χ4v) is 2.65. The Balaban J connectivity index is 1.57. The van der Waals surface area contributed by atoms with Gasteiger partial charge in [-0.15, -0.1) is 10.2 Å². The molecule has 0 saturated carbocycles. The number of urea groups is 1. The van der Waals surface area contributed by atoms with Crippen molar-refractivity contribution in [3.63, 3.8) is 0 Å². The van der Waals surface area contributed by atoms with E-state index in [0.29, 0.717) is 6.54 Å². The van der Waals surface area contributed by atoms with Crippen LogP contribution in [0.15, 0.2) is 24.3 Å². The van der Waals surface area contributed by atoms with Crippen molar-refractivity contribution in [3.8, 4) is 0 Å². The van der Waals surface area contributed by atoms with Crippen molar-refractivity contribution < 1.29 is 4.79 Å². The predicted molar refractivity (Wildman–Crippen MR) is 84.6 cm³/mol. The van der Waals surface area contributed by atoms with Crippen LogP contribution in [0.25, 0.3) is 0 Å². The summed E-state index contributed by atoms with van der Waals surface area (Å²) in [4.78, 5) is 11.9. The number of nitrogens with one attached hydrogen (secondary N) is 2. The number of benzene rings is 1. The maximum atomic E-state index is 11.9. The zero-order valence-electron chi connectivity index (χ0n) is 12.8. The van der Waals surface area contributed by atoms with E-state index in [1.165, 1.54) is 12.8 Å². The summed E-state index contributed by atoms with van der Waals surface area (Å²) in [6.45, 7) is 3.35. The number of aryl methyl sites for hydroxylation is 2. The van der Waals surface area contributed by atoms with E-state index < -0.39 is 0 Å². The van der Waals surface area contributed by atoms with Crippen molar-refractivity contribution in [2.45, 2.75) is 45.7 Å². The van der Waals surface area contributed by atoms with Crippen LogP contribution in [0.5, 0.6) is 0 Å². The van der Waals surface area contributed by atoms with Crippen LogP contribution in [0.2, 0.25) is 0 Å². The van der Waals surface area contributed by atoms with Crippen molar-refractivity contribution >= 4 is 11.7 Å². The molecule has 2 N–H and O–H groups in total. The van der Waals surface area contributed by atoms with E-state index in [-0.39, 0.29) is 6.03 Å². The molecule has 0 radical (unpaired) electrons. The Kier molecular flexibility index (Phi) is 4.37. The SMILES string of the molecule is Cc1ccc(NC(=O)NCc2nnc3n2CCCCC3)cc1. The molecule has 2 amide bonds. The maximum absolute atomic E-state index is 11.9. The van der Waals surface area contributed by atoms with Crippen LogP contribution < -0.4 is 10.6 Å². The van der Waals surface area contributed by atoms with E-state index in [1.54, 1.807) is 0 Å². The number of nitrogens with zero attached hydrogens (tertiary/aromatic N) is 3. The number of rotatable bonds is 3. The zero-order valence-corrected chi connectivity index (χ0v) is 12.8. The number of anilines is 1. The van der Waals surface area contributed by atoms with Crippen molar-refractivity contribution in [1.82, 2.24) is 20.1 Å². The monoisotopic (exact) mass is 299 g/mol. The average Bonchev–Trinajstić information content (AvgIpc) is 2.75. The third-order valence-electron chi connectivity index (χ3n) is 3.90. The van der Waals surface area contributed by atoms with Gasteiger partial charge in [-0.25, -0.2) is 4.79 Å². The van der Waals surface area contributed by atoms with Crippen molar-refractivity contribution in [1.29, 1.82) is 0 Å². The minimum atomic E-state index is -0.227. The van der Waals surface area contributed by atoms with Gasteiger partial charge in [-0.3, -0.25) is 0 Å². The summed E-state index contributed by atoms with van der Waals surface area (Å²) in [6, 6.07) is 7.48. The number of carbonyl (C=O) groups is 1. The molecule has 0 bridgehead atoms. The van der Waals surface area contributed by atoms with Crippen LogP contribution in [0.1, 0.15) is 36.5 Å². The Morgan fingerprint density at radius 2 is 2.00 bits per heavy atom. The molecule has 1 aromatic heterocycles. The lowest BCUT2D eigenvalue weighted by molar-refractivity contribution is 0.251. The molecule has 1 aromatic carbocycles. The number of hydrogen-bond donors (Lipinski definition) is 2. The molecule has 6 heteroatoms. The first-order valence-electron chi connectivity index (χ1n) is 7.75. The van der Waals surface area contributed by atoms with Crippen LogP contribution in [0.4, 0.5) is 10.5 Å². The lowest BCUT2D eigenvalue weighted by Gasteiger charge is -2.09. The Labute approximate surface area is 129 Å². The quantitative estimate of drug-likeness (QED) is 0.915. The average molecular weight is 299 g/mol. The van der Waals surface area contributed by atoms with E-state index in [9.17, 15) is 4.79 Å². The molecule has 2 heterocycles. The number of hydrogen-bond acceptors (Lipinski definition) is 3. The minimum absolute atomic E-state index is 0.227. The highest BCUT2D eigenvalue weighted by molar-refractivity contribution is 5.89. The second kappa shape index (κ2) is 6.60. The van der Waals surface area contributed by atoms with Gasteiger partial charge in [0.15, 0.2) is 5.82 Å². The van der Waals surface area contributed by atoms with E-state index in [4.69, 9.17) is 0 Å². The second-order valence-electron chi connectivity index (χ2n) is 5.67. The Morgan fingerprint density at radius 1 is 1.18 bits per heavy atom. The number of amides is 2. The van der Waals surface area contributed by atoms with Gasteiger partial charge in [0.25, 0.3) is 0 Å². The lowest BCUT2D eigenvalue weighted by atomic mass is 10.2. The van der Waals surface area contributed by atoms with E-state index in [2.05, 4.69) is 25.4 Å². The molecule has 3 rings (SSSR count). The first-order valence-corrected chi connectivity index (χ1v) is 7.75. The summed E-state index contributed by atoms with van der Waals surface area (Å²) in [5.74, 6) is 1.86. The standard InChI is InChI=1S/C16H21N5O/c1-12-6-8-13(9-7-12)18-16(22)17-11-15-20-19-14-5-3-2-4-10-21(14)15/h6-9H,2-5,10-11H2,1H3,(H2,17,18,22). The van der Waals surface area contributed by atoms with Crippen LogP contribution in [0, 0.1) is 6.92 Å². The van der Waals surface area contributed by atoms with Crippen LogP contribution in [-0.4, -0.2) is 20.8 Å². The smallest absolute Gasteiger partial charge is 0.319 e. The Bertz CT molecular complexity index is 647. The molecule has 2 aromatic rings. The summed E-state index contributed by atoms with van der Waals surface area (Å²) >= 11 is 0. The van der Waals surface area contributed by atoms with Crippen LogP contribution >= 0.6 is 0 Å². The highest BCUT2D eigenvalue weighted by atomic mass is 16.2. The third-order valence-corrected chi connectivity index (χ3v) is 3.90. The van der Waals surface area contributed by atoms with Gasteiger partial charge in [-0.1, -0.05) is 24.1 Å². The number of aromatic nitrogens is 3. The van der Waals surface area contributed by atoms with Crippen molar-refractivity contribution in [2.24, 2.45) is 0 Å². The van der Waals surface area contributed by atoms with Crippen molar-refractivity contribution in [3.05, 3.63) is 41.5 Å². The molecule has 0 spiro atoms. The van der Waals surface area contributed by atoms with Gasteiger partial charge in [-0.2, -0.15) is 0 Å². The van der Waals surface area contributed by atoms with Gasteiger partial charge >= 0.3 is 6.03 Å². The topological polar surface area (TPSA) is 71.8 Å². The number of fused-ring (bicyclic) bond motifs is 1. The molecule has 0 atom stereocenters. The minimum Gasteiger partial charge on any atom is -0.331 e. The molecule has 0 saturated heterocycles. The van der Waals surface area contributed by atoms with Gasteiger partial charge < -0.3 is 15.2 Å². The normalized spacial score (nSPS) is 14.0. The largest absolute Gasteiger partial charge is 0.331 e. The maximum Gasteiger partial charge on any atom is 0.319 e. The summed E-state index contributed by atoms with van der Waals surface area (Å²) in [6.07, 6.45) is 4.51. The van der Waals surface area contributed by atoms with Gasteiger partial charge in [0.2, 0.25) is 0 Å².